The van der Waals surface area contributed by atoms with E-state index in [4.69, 9.17) is 5.11 Å². The average Bonchev–Trinajstić information content (AvgIpc) is 2.55. The fourth-order valence-corrected chi connectivity index (χ4v) is 5.47. The fraction of sp³-hybridized carbons (Fsp3) is 0.850. The number of carboxylic acid groups (broad SMARTS) is 1. The van der Waals surface area contributed by atoms with E-state index in [1.54, 1.807) is 0 Å². The van der Waals surface area contributed by atoms with Gasteiger partial charge in [0.25, 0.3) is 0 Å². The summed E-state index contributed by atoms with van der Waals surface area (Å²) in [5.74, 6) is 0.313. The first-order chi connectivity index (χ1) is 11.3. The summed E-state index contributed by atoms with van der Waals surface area (Å²) in [6.07, 6.45) is 8.39. The quantitative estimate of drug-likeness (QED) is 0.662. The molecular weight excluding hydrogens is 304 g/mol. The Balaban J connectivity index is 2.24. The van der Waals surface area contributed by atoms with Gasteiger partial charge in [-0.05, 0) is 68.1 Å². The number of rotatable bonds is 7. The number of hydrogen-bond donors (Lipinski definition) is 3. The van der Waals surface area contributed by atoms with Crippen molar-refractivity contribution in [1.82, 2.24) is 0 Å². The lowest BCUT2D eigenvalue weighted by atomic mass is 9.46. The molecule has 4 heteroatoms. The molecule has 0 saturated heterocycles. The minimum absolute atomic E-state index is 0.0881. The van der Waals surface area contributed by atoms with Crippen molar-refractivity contribution in [3.8, 4) is 0 Å². The van der Waals surface area contributed by atoms with Crippen LogP contribution in [0.25, 0.3) is 0 Å². The molecule has 0 bridgehead atoms. The minimum Gasteiger partial charge on any atom is -0.478 e. The van der Waals surface area contributed by atoms with Crippen LogP contribution in [0.3, 0.4) is 0 Å². The van der Waals surface area contributed by atoms with E-state index in [1.165, 1.54) is 0 Å². The van der Waals surface area contributed by atoms with Crippen molar-refractivity contribution in [3.05, 3.63) is 11.6 Å². The molecule has 0 aromatic rings. The molecule has 24 heavy (non-hydrogen) atoms. The first-order valence-corrected chi connectivity index (χ1v) is 9.45. The van der Waals surface area contributed by atoms with Gasteiger partial charge in [-0.3, -0.25) is 0 Å². The molecule has 0 spiro atoms. The van der Waals surface area contributed by atoms with Gasteiger partial charge in [-0.25, -0.2) is 4.79 Å². The molecule has 4 nitrogen and oxygen atoms in total. The molecular formula is C20H34O4. The lowest BCUT2D eigenvalue weighted by Gasteiger charge is -2.57. The second-order valence-corrected chi connectivity index (χ2v) is 8.52. The van der Waals surface area contributed by atoms with Gasteiger partial charge in [0, 0.05) is 24.2 Å². The van der Waals surface area contributed by atoms with Crippen LogP contribution < -0.4 is 0 Å². The maximum atomic E-state index is 11.8. The normalized spacial score (nSPS) is 37.5. The van der Waals surface area contributed by atoms with Crippen molar-refractivity contribution in [1.29, 1.82) is 0 Å². The highest BCUT2D eigenvalue weighted by atomic mass is 16.4. The molecule has 5 atom stereocenters. The Hall–Kier alpha value is -0.870. The Morgan fingerprint density at radius 3 is 2.58 bits per heavy atom. The molecule has 0 heterocycles. The highest BCUT2D eigenvalue weighted by molar-refractivity contribution is 5.88. The predicted molar refractivity (Wildman–Crippen MR) is 94.6 cm³/mol. The number of carbonyl (C=O) groups is 1. The van der Waals surface area contributed by atoms with E-state index in [0.29, 0.717) is 23.8 Å². The summed E-state index contributed by atoms with van der Waals surface area (Å²) in [4.78, 5) is 11.8. The van der Waals surface area contributed by atoms with Gasteiger partial charge in [0.05, 0.1) is 0 Å². The summed E-state index contributed by atoms with van der Waals surface area (Å²) in [6, 6.07) is 0. The summed E-state index contributed by atoms with van der Waals surface area (Å²) in [6.45, 7) is 7.02. The third-order valence-corrected chi connectivity index (χ3v) is 7.32. The smallest absolute Gasteiger partial charge is 0.331 e. The second-order valence-electron chi connectivity index (χ2n) is 8.52. The van der Waals surface area contributed by atoms with Crippen LogP contribution in [0.4, 0.5) is 0 Å². The van der Waals surface area contributed by atoms with Gasteiger partial charge in [0.15, 0.2) is 0 Å². The molecule has 0 aliphatic heterocycles. The Morgan fingerprint density at radius 2 is 2.00 bits per heavy atom. The van der Waals surface area contributed by atoms with Crippen LogP contribution in [-0.2, 0) is 4.79 Å². The average molecular weight is 338 g/mol. The number of carboxylic acids is 1. The zero-order chi connectivity index (χ0) is 18.0. The van der Waals surface area contributed by atoms with Gasteiger partial charge in [-0.2, -0.15) is 0 Å². The van der Waals surface area contributed by atoms with Crippen molar-refractivity contribution < 1.29 is 20.1 Å². The van der Waals surface area contributed by atoms with Crippen LogP contribution in [0.1, 0.15) is 65.7 Å². The van der Waals surface area contributed by atoms with Crippen LogP contribution in [-0.4, -0.2) is 34.5 Å². The number of aliphatic hydroxyl groups excluding tert-OH is 2. The van der Waals surface area contributed by atoms with Gasteiger partial charge in [-0.1, -0.05) is 26.8 Å². The molecule has 0 amide bonds. The second kappa shape index (κ2) is 7.57. The van der Waals surface area contributed by atoms with Crippen LogP contribution >= 0.6 is 0 Å². The van der Waals surface area contributed by atoms with Crippen LogP contribution in [0.2, 0.25) is 0 Å². The number of allylic oxidation sites excluding steroid dienone is 1. The van der Waals surface area contributed by atoms with E-state index in [1.807, 2.05) is 6.08 Å². The van der Waals surface area contributed by atoms with E-state index in [-0.39, 0.29) is 30.0 Å². The topological polar surface area (TPSA) is 77.8 Å². The molecule has 0 radical (unpaired) electrons. The molecule has 3 N–H and O–H groups in total. The predicted octanol–water partition coefficient (Wildman–Crippen LogP) is 3.62. The van der Waals surface area contributed by atoms with Crippen molar-refractivity contribution in [2.75, 3.05) is 13.2 Å². The highest BCUT2D eigenvalue weighted by Crippen LogP contribution is 2.62. The molecule has 0 aromatic heterocycles. The summed E-state index contributed by atoms with van der Waals surface area (Å²) < 4.78 is 0. The molecule has 0 unspecified atom stereocenters. The Labute approximate surface area is 146 Å². The maximum absolute atomic E-state index is 11.8. The van der Waals surface area contributed by atoms with Crippen LogP contribution in [0.5, 0.6) is 0 Å². The lowest BCUT2D eigenvalue weighted by molar-refractivity contribution is -0.137. The van der Waals surface area contributed by atoms with Crippen molar-refractivity contribution in [2.24, 2.45) is 28.6 Å². The van der Waals surface area contributed by atoms with E-state index in [9.17, 15) is 15.0 Å². The van der Waals surface area contributed by atoms with Gasteiger partial charge < -0.3 is 15.3 Å². The first-order valence-electron chi connectivity index (χ1n) is 9.45. The summed E-state index contributed by atoms with van der Waals surface area (Å²) >= 11 is 0. The molecule has 138 valence electrons. The van der Waals surface area contributed by atoms with E-state index < -0.39 is 5.97 Å². The first kappa shape index (κ1) is 19.5. The molecule has 2 aliphatic rings. The van der Waals surface area contributed by atoms with E-state index in [2.05, 4.69) is 20.8 Å². The number of hydrogen-bond acceptors (Lipinski definition) is 3. The molecule has 0 aromatic carbocycles. The zero-order valence-corrected chi connectivity index (χ0v) is 15.4. The summed E-state index contributed by atoms with van der Waals surface area (Å²) in [5.41, 5.74) is 0.466. The number of aliphatic carboxylic acids is 1. The van der Waals surface area contributed by atoms with Crippen LogP contribution in [0, 0.1) is 28.6 Å². The monoisotopic (exact) mass is 338 g/mol. The molecule has 1 saturated carbocycles. The third kappa shape index (κ3) is 3.41. The fourth-order valence-electron chi connectivity index (χ4n) is 5.47. The lowest BCUT2D eigenvalue weighted by Crippen LogP contribution is -2.51. The molecule has 2 rings (SSSR count). The Morgan fingerprint density at radius 1 is 1.29 bits per heavy atom. The van der Waals surface area contributed by atoms with Gasteiger partial charge in [0.2, 0.25) is 0 Å². The van der Waals surface area contributed by atoms with E-state index in [0.717, 1.165) is 38.5 Å². The number of fused-ring (bicyclic) bond motifs is 1. The largest absolute Gasteiger partial charge is 0.478 e. The van der Waals surface area contributed by atoms with Gasteiger partial charge in [0.1, 0.15) is 0 Å². The number of aliphatic hydroxyl groups is 2. The maximum Gasteiger partial charge on any atom is 0.331 e. The summed E-state index contributed by atoms with van der Waals surface area (Å²) in [5, 5.41) is 28.4. The van der Waals surface area contributed by atoms with Crippen molar-refractivity contribution in [2.45, 2.75) is 65.7 Å². The SMILES string of the molecule is C[C@@H]1CC[C@@]2(C)C(C(=O)O)=CCC[C@@H]2[C@@]1(C)CC[C@@H](CO)CCO. The van der Waals surface area contributed by atoms with Gasteiger partial charge in [-0.15, -0.1) is 0 Å². The Kier molecular flexibility index (Phi) is 6.14. The third-order valence-electron chi connectivity index (χ3n) is 7.32. The standard InChI is InChI=1S/C20H34O4/c1-14-7-10-20(3)16(18(23)24)5-4-6-17(20)19(14,2)11-8-15(13-22)9-12-21/h5,14-15,17,21-22H,4,6-13H2,1-3H3,(H,23,24)/t14-,15-,17-,19+,20+/m1/s1. The molecule has 1 fully saturated rings. The van der Waals surface area contributed by atoms with Crippen molar-refractivity contribution >= 4 is 5.97 Å². The Bertz CT molecular complexity index is 486. The zero-order valence-electron chi connectivity index (χ0n) is 15.4. The van der Waals surface area contributed by atoms with E-state index >= 15 is 0 Å². The van der Waals surface area contributed by atoms with Gasteiger partial charge >= 0.3 is 5.97 Å². The van der Waals surface area contributed by atoms with Crippen LogP contribution in [0.15, 0.2) is 11.6 Å². The molecule has 2 aliphatic carbocycles. The minimum atomic E-state index is -0.757. The van der Waals surface area contributed by atoms with Crippen molar-refractivity contribution in [3.63, 3.8) is 0 Å². The highest BCUT2D eigenvalue weighted by Gasteiger charge is 2.55. The summed E-state index contributed by atoms with van der Waals surface area (Å²) in [7, 11) is 0.